The number of carbonyl (C=O) groups is 1. The maximum Gasteiger partial charge on any atom is 0.303 e. The van der Waals surface area contributed by atoms with E-state index in [1.54, 1.807) is 6.20 Å². The van der Waals surface area contributed by atoms with Crippen molar-refractivity contribution in [3.63, 3.8) is 0 Å². The van der Waals surface area contributed by atoms with Gasteiger partial charge in [0.1, 0.15) is 5.82 Å². The summed E-state index contributed by atoms with van der Waals surface area (Å²) in [7, 11) is 1.97. The summed E-state index contributed by atoms with van der Waals surface area (Å²) in [6, 6.07) is 7.73. The summed E-state index contributed by atoms with van der Waals surface area (Å²) in [5.74, 6) is 0.194. The van der Waals surface area contributed by atoms with Crippen molar-refractivity contribution >= 4 is 5.97 Å². The molecule has 1 aromatic heterocycles. The molecule has 1 aromatic carbocycles. The summed E-state index contributed by atoms with van der Waals surface area (Å²) in [5.41, 5.74) is 8.10. The molecule has 3 N–H and O–H groups in total. The standard InChI is InChI=1S/C15H19N3O2/c1-18-9-8-17-14(18)10-11-2-4-12(5-3-11)13(16)6-7-15(19)20/h2-5,8-9,13H,6-7,10,16H2,1H3,(H,19,20). The minimum absolute atomic E-state index is 0.0934. The molecule has 0 spiro atoms. The van der Waals surface area contributed by atoms with Gasteiger partial charge in [-0.05, 0) is 17.5 Å². The van der Waals surface area contributed by atoms with E-state index in [0.717, 1.165) is 23.4 Å². The maximum atomic E-state index is 10.5. The monoisotopic (exact) mass is 273 g/mol. The number of benzene rings is 1. The van der Waals surface area contributed by atoms with Gasteiger partial charge in [0.05, 0.1) is 0 Å². The van der Waals surface area contributed by atoms with Crippen LogP contribution in [0.15, 0.2) is 36.7 Å². The Morgan fingerprint density at radius 1 is 1.40 bits per heavy atom. The Bertz CT molecular complexity index is 575. The van der Waals surface area contributed by atoms with Gasteiger partial charge in [-0.1, -0.05) is 24.3 Å². The van der Waals surface area contributed by atoms with E-state index in [0.29, 0.717) is 6.42 Å². The van der Waals surface area contributed by atoms with Crippen LogP contribution in [0, 0.1) is 0 Å². The lowest BCUT2D eigenvalue weighted by Gasteiger charge is -2.11. The predicted octanol–water partition coefficient (Wildman–Crippen LogP) is 1.88. The predicted molar refractivity (Wildman–Crippen MR) is 76.3 cm³/mol. The molecule has 0 aliphatic rings. The molecule has 5 heteroatoms. The average Bonchev–Trinajstić information content (AvgIpc) is 2.82. The van der Waals surface area contributed by atoms with E-state index < -0.39 is 5.97 Å². The number of aryl methyl sites for hydroxylation is 1. The van der Waals surface area contributed by atoms with Crippen LogP contribution in [0.2, 0.25) is 0 Å². The first-order valence-electron chi connectivity index (χ1n) is 6.58. The Kier molecular flexibility index (Phi) is 4.53. The second kappa shape index (κ2) is 6.34. The number of nitrogens with zero attached hydrogens (tertiary/aromatic N) is 2. The molecule has 5 nitrogen and oxygen atoms in total. The molecule has 2 aromatic rings. The zero-order valence-corrected chi connectivity index (χ0v) is 11.5. The Hall–Kier alpha value is -2.14. The summed E-state index contributed by atoms with van der Waals surface area (Å²) in [5, 5.41) is 8.66. The van der Waals surface area contributed by atoms with Crippen molar-refractivity contribution in [2.24, 2.45) is 12.8 Å². The maximum absolute atomic E-state index is 10.5. The fourth-order valence-electron chi connectivity index (χ4n) is 2.08. The average molecular weight is 273 g/mol. The highest BCUT2D eigenvalue weighted by molar-refractivity contribution is 5.66. The van der Waals surface area contributed by atoms with Crippen LogP contribution in [0.3, 0.4) is 0 Å². The molecule has 1 atom stereocenters. The van der Waals surface area contributed by atoms with Crippen molar-refractivity contribution < 1.29 is 9.90 Å². The number of rotatable bonds is 6. The van der Waals surface area contributed by atoms with Gasteiger partial charge in [-0.2, -0.15) is 0 Å². The van der Waals surface area contributed by atoms with Crippen molar-refractivity contribution in [2.45, 2.75) is 25.3 Å². The van der Waals surface area contributed by atoms with Crippen LogP contribution in [0.4, 0.5) is 0 Å². The largest absolute Gasteiger partial charge is 0.481 e. The number of hydrogen-bond acceptors (Lipinski definition) is 3. The van der Waals surface area contributed by atoms with Crippen LogP contribution in [0.5, 0.6) is 0 Å². The topological polar surface area (TPSA) is 81.1 Å². The summed E-state index contributed by atoms with van der Waals surface area (Å²) >= 11 is 0. The van der Waals surface area contributed by atoms with Crippen LogP contribution in [-0.4, -0.2) is 20.6 Å². The summed E-state index contributed by atoms with van der Waals surface area (Å²) in [4.78, 5) is 14.8. The number of aliphatic carboxylic acids is 1. The number of imidazole rings is 1. The van der Waals surface area contributed by atoms with Gasteiger partial charge in [-0.15, -0.1) is 0 Å². The Morgan fingerprint density at radius 2 is 2.10 bits per heavy atom. The number of hydrogen-bond donors (Lipinski definition) is 2. The van der Waals surface area contributed by atoms with E-state index >= 15 is 0 Å². The molecular weight excluding hydrogens is 254 g/mol. The quantitative estimate of drug-likeness (QED) is 0.842. The van der Waals surface area contributed by atoms with Gasteiger partial charge in [-0.25, -0.2) is 4.98 Å². The van der Waals surface area contributed by atoms with Gasteiger partial charge in [-0.3, -0.25) is 4.79 Å². The summed E-state index contributed by atoms with van der Waals surface area (Å²) in [6.07, 6.45) is 5.02. The van der Waals surface area contributed by atoms with Crippen LogP contribution >= 0.6 is 0 Å². The fourth-order valence-corrected chi connectivity index (χ4v) is 2.08. The van der Waals surface area contributed by atoms with Crippen molar-refractivity contribution in [3.05, 3.63) is 53.6 Å². The van der Waals surface area contributed by atoms with Crippen molar-refractivity contribution in [1.29, 1.82) is 0 Å². The second-order valence-corrected chi connectivity index (χ2v) is 4.91. The third kappa shape index (κ3) is 3.68. The molecular formula is C15H19N3O2. The lowest BCUT2D eigenvalue weighted by Crippen LogP contribution is -2.12. The van der Waals surface area contributed by atoms with Crippen LogP contribution in [-0.2, 0) is 18.3 Å². The van der Waals surface area contributed by atoms with Gasteiger partial charge in [0.15, 0.2) is 0 Å². The Labute approximate surface area is 118 Å². The van der Waals surface area contributed by atoms with E-state index in [2.05, 4.69) is 4.98 Å². The molecule has 0 aliphatic carbocycles. The van der Waals surface area contributed by atoms with Crippen LogP contribution in [0.1, 0.15) is 35.8 Å². The third-order valence-electron chi connectivity index (χ3n) is 3.36. The third-order valence-corrected chi connectivity index (χ3v) is 3.36. The number of carboxylic acids is 1. The first kappa shape index (κ1) is 14.3. The highest BCUT2D eigenvalue weighted by atomic mass is 16.4. The first-order valence-corrected chi connectivity index (χ1v) is 6.58. The van der Waals surface area contributed by atoms with Crippen molar-refractivity contribution in [2.75, 3.05) is 0 Å². The Balaban J connectivity index is 1.99. The van der Waals surface area contributed by atoms with Gasteiger partial charge >= 0.3 is 5.97 Å². The van der Waals surface area contributed by atoms with Gasteiger partial charge in [0.25, 0.3) is 0 Å². The first-order chi connectivity index (χ1) is 9.56. The molecule has 106 valence electrons. The Morgan fingerprint density at radius 3 is 2.65 bits per heavy atom. The molecule has 1 unspecified atom stereocenters. The summed E-state index contributed by atoms with van der Waals surface area (Å²) in [6.45, 7) is 0. The molecule has 0 aliphatic heterocycles. The normalized spacial score (nSPS) is 12.3. The zero-order chi connectivity index (χ0) is 14.5. The smallest absolute Gasteiger partial charge is 0.303 e. The molecule has 2 rings (SSSR count). The van der Waals surface area contributed by atoms with Crippen LogP contribution < -0.4 is 5.73 Å². The minimum Gasteiger partial charge on any atom is -0.481 e. The molecule has 1 heterocycles. The van der Waals surface area contributed by atoms with Gasteiger partial charge < -0.3 is 15.4 Å². The molecule has 0 saturated heterocycles. The highest BCUT2D eigenvalue weighted by Gasteiger charge is 2.09. The van der Waals surface area contributed by atoms with E-state index in [4.69, 9.17) is 10.8 Å². The van der Waals surface area contributed by atoms with Crippen molar-refractivity contribution in [1.82, 2.24) is 9.55 Å². The zero-order valence-electron chi connectivity index (χ0n) is 11.5. The molecule has 0 saturated carbocycles. The molecule has 0 bridgehead atoms. The SMILES string of the molecule is Cn1ccnc1Cc1ccc(C(N)CCC(=O)O)cc1. The molecule has 0 fully saturated rings. The van der Waals surface area contributed by atoms with Crippen LogP contribution in [0.25, 0.3) is 0 Å². The second-order valence-electron chi connectivity index (χ2n) is 4.91. The van der Waals surface area contributed by atoms with Gasteiger partial charge in [0, 0.05) is 38.3 Å². The number of nitrogens with two attached hydrogens (primary N) is 1. The molecule has 20 heavy (non-hydrogen) atoms. The number of aromatic nitrogens is 2. The van der Waals surface area contributed by atoms with E-state index in [1.165, 1.54) is 0 Å². The minimum atomic E-state index is -0.813. The van der Waals surface area contributed by atoms with Gasteiger partial charge in [0.2, 0.25) is 0 Å². The lowest BCUT2D eigenvalue weighted by molar-refractivity contribution is -0.137. The molecule has 0 amide bonds. The van der Waals surface area contributed by atoms with E-state index in [1.807, 2.05) is 42.1 Å². The fraction of sp³-hybridized carbons (Fsp3) is 0.333. The lowest BCUT2D eigenvalue weighted by atomic mass is 10.0. The van der Waals surface area contributed by atoms with Crippen molar-refractivity contribution in [3.8, 4) is 0 Å². The molecule has 0 radical (unpaired) electrons. The highest BCUT2D eigenvalue weighted by Crippen LogP contribution is 2.17. The number of carboxylic acid groups (broad SMARTS) is 1. The summed E-state index contributed by atoms with van der Waals surface area (Å²) < 4.78 is 1.99. The van der Waals surface area contributed by atoms with E-state index in [9.17, 15) is 4.79 Å². The van der Waals surface area contributed by atoms with E-state index in [-0.39, 0.29) is 12.5 Å².